The molecule has 9 nitrogen and oxygen atoms in total. The Hall–Kier alpha value is -4.36. The van der Waals surface area contributed by atoms with Crippen LogP contribution < -0.4 is 29.6 Å². The molecule has 2 N–H and O–H groups in total. The quantitative estimate of drug-likeness (QED) is 0.324. The average molecular weight is 583 g/mol. The Morgan fingerprint density at radius 2 is 1.02 bits per heavy atom. The van der Waals surface area contributed by atoms with Gasteiger partial charge < -0.3 is 0 Å². The van der Waals surface area contributed by atoms with Crippen LogP contribution in [0, 0.1) is 0 Å². The zero-order valence-corrected chi connectivity index (χ0v) is 24.9. The minimum absolute atomic E-state index is 0.0569. The van der Waals surface area contributed by atoms with E-state index in [1.807, 2.05) is 30.3 Å². The number of benzene rings is 3. The summed E-state index contributed by atoms with van der Waals surface area (Å²) in [4.78, 5) is 12.8. The van der Waals surface area contributed by atoms with E-state index in [4.69, 9.17) is 28.4 Å². The minimum atomic E-state index is -3.65. The number of carbonyl (C=O) groups is 1. The molecule has 0 spiro atoms. The third kappa shape index (κ3) is 5.37. The van der Waals surface area contributed by atoms with Crippen LogP contribution >= 0.6 is 7.26 Å². The van der Waals surface area contributed by atoms with Crippen molar-refractivity contribution < 1.29 is 43.4 Å². The number of phenols is 2. The molecule has 10 heteroatoms. The summed E-state index contributed by atoms with van der Waals surface area (Å²) < 4.78 is 35.6. The maximum absolute atomic E-state index is 12.8. The monoisotopic (exact) mass is 582 g/mol. The Morgan fingerprint density at radius 1 is 0.634 bits per heavy atom. The zero-order valence-electron chi connectivity index (χ0n) is 23.9. The average Bonchev–Trinajstić information content (AvgIpc) is 2.99. The number of ketones is 1. The van der Waals surface area contributed by atoms with Gasteiger partial charge >= 0.3 is 240 Å². The van der Waals surface area contributed by atoms with Crippen LogP contribution in [0.3, 0.4) is 0 Å². The van der Waals surface area contributed by atoms with Gasteiger partial charge in [0.05, 0.1) is 0 Å². The predicted molar refractivity (Wildman–Crippen MR) is 159 cm³/mol. The van der Waals surface area contributed by atoms with Gasteiger partial charge in [0.2, 0.25) is 0 Å². The number of phenolic OH excluding ortho intramolecular Hbond substituents is 2. The summed E-state index contributed by atoms with van der Waals surface area (Å²) in [5.41, 5.74) is 0.284. The van der Waals surface area contributed by atoms with Crippen LogP contribution in [0.4, 0.5) is 0 Å². The van der Waals surface area contributed by atoms with E-state index in [9.17, 15) is 15.0 Å². The molecule has 0 bridgehead atoms. The SMILES string of the molecule is COC1=CC(=O)C=C(OC)C1[PH](Cc1ccccc1)(c1c(OC)cc(O)cc1OC)c1c(OC)cc(O)cc1OC. The fraction of sp³-hybridized carbons (Fsp3) is 0.258. The van der Waals surface area contributed by atoms with E-state index < -0.39 is 12.9 Å². The van der Waals surface area contributed by atoms with Crippen molar-refractivity contribution in [3.63, 3.8) is 0 Å². The number of methoxy groups -OCH3 is 6. The Balaban J connectivity index is 2.34. The molecule has 3 aromatic rings. The van der Waals surface area contributed by atoms with Crippen molar-refractivity contribution in [2.45, 2.75) is 11.8 Å². The van der Waals surface area contributed by atoms with Gasteiger partial charge in [0.15, 0.2) is 0 Å². The second-order valence-corrected chi connectivity index (χ2v) is 13.3. The molecule has 0 atom stereocenters. The fourth-order valence-electron chi connectivity index (χ4n) is 5.75. The van der Waals surface area contributed by atoms with Gasteiger partial charge in [-0.2, -0.15) is 0 Å². The van der Waals surface area contributed by atoms with Crippen molar-refractivity contribution in [1.29, 1.82) is 0 Å². The van der Waals surface area contributed by atoms with Crippen molar-refractivity contribution in [3.05, 3.63) is 83.8 Å². The van der Waals surface area contributed by atoms with Gasteiger partial charge in [0, 0.05) is 0 Å². The number of hydrogen-bond donors (Lipinski definition) is 2. The Morgan fingerprint density at radius 3 is 1.37 bits per heavy atom. The topological polar surface area (TPSA) is 113 Å². The molecule has 0 radical (unpaired) electrons. The molecule has 0 heterocycles. The number of aromatic hydroxyl groups is 2. The number of carbonyl (C=O) groups excluding carboxylic acids is 1. The summed E-state index contributed by atoms with van der Waals surface area (Å²) in [6.07, 6.45) is 3.28. The van der Waals surface area contributed by atoms with Gasteiger partial charge in [-0.1, -0.05) is 0 Å². The molecule has 1 aliphatic rings. The van der Waals surface area contributed by atoms with Crippen LogP contribution in [0.2, 0.25) is 0 Å². The summed E-state index contributed by atoms with van der Waals surface area (Å²) in [6, 6.07) is 15.9. The van der Waals surface area contributed by atoms with E-state index in [0.29, 0.717) is 51.3 Å². The number of rotatable bonds is 11. The second kappa shape index (κ2) is 12.4. The van der Waals surface area contributed by atoms with Crippen LogP contribution in [0.5, 0.6) is 34.5 Å². The summed E-state index contributed by atoms with van der Waals surface area (Å²) in [7, 11) is 5.39. The van der Waals surface area contributed by atoms with E-state index in [-0.39, 0.29) is 17.3 Å². The van der Waals surface area contributed by atoms with E-state index >= 15 is 0 Å². The molecule has 41 heavy (non-hydrogen) atoms. The first-order valence-electron chi connectivity index (χ1n) is 12.8. The van der Waals surface area contributed by atoms with E-state index in [1.165, 1.54) is 79.1 Å². The van der Waals surface area contributed by atoms with Crippen molar-refractivity contribution in [2.75, 3.05) is 42.7 Å². The second-order valence-electron chi connectivity index (χ2n) is 9.42. The Labute approximate surface area is 239 Å². The predicted octanol–water partition coefficient (Wildman–Crippen LogP) is 4.05. The molecule has 0 unspecified atom stereocenters. The first-order valence-corrected chi connectivity index (χ1v) is 15.1. The van der Waals surface area contributed by atoms with Gasteiger partial charge in [-0.3, -0.25) is 0 Å². The fourth-order valence-corrected chi connectivity index (χ4v) is 11.8. The van der Waals surface area contributed by atoms with Crippen LogP contribution in [-0.2, 0) is 20.4 Å². The van der Waals surface area contributed by atoms with Crippen LogP contribution in [0.15, 0.2) is 78.3 Å². The molecule has 0 fully saturated rings. The van der Waals surface area contributed by atoms with Crippen molar-refractivity contribution >= 4 is 23.7 Å². The maximum atomic E-state index is 12.8. The molecule has 4 rings (SSSR count). The van der Waals surface area contributed by atoms with Crippen molar-refractivity contribution in [3.8, 4) is 34.5 Å². The summed E-state index contributed by atoms with van der Waals surface area (Å²) >= 11 is 0. The molecule has 0 amide bonds. The number of ether oxygens (including phenoxy) is 6. The summed E-state index contributed by atoms with van der Waals surface area (Å²) in [6.45, 7) is 0. The van der Waals surface area contributed by atoms with Crippen molar-refractivity contribution in [1.82, 2.24) is 0 Å². The third-order valence-electron chi connectivity index (χ3n) is 7.30. The molecule has 3 aromatic carbocycles. The van der Waals surface area contributed by atoms with Crippen molar-refractivity contribution in [2.24, 2.45) is 0 Å². The summed E-state index contributed by atoms with van der Waals surface area (Å²) in [5, 5.41) is 22.6. The molecule has 0 saturated heterocycles. The first kappa shape index (κ1) is 29.6. The molecule has 0 aromatic heterocycles. The molecule has 0 aliphatic heterocycles. The van der Waals surface area contributed by atoms with Gasteiger partial charge in [-0.25, -0.2) is 0 Å². The molecule has 1 aliphatic carbocycles. The van der Waals surface area contributed by atoms with Gasteiger partial charge in [0.25, 0.3) is 0 Å². The van der Waals surface area contributed by atoms with Crippen LogP contribution in [0.1, 0.15) is 5.56 Å². The van der Waals surface area contributed by atoms with E-state index in [1.54, 1.807) is 0 Å². The molecular formula is C31H35O9P. The Kier molecular flexibility index (Phi) is 8.98. The van der Waals surface area contributed by atoms with E-state index in [2.05, 4.69) is 0 Å². The number of allylic oxidation sites excluding steroid dienone is 2. The van der Waals surface area contributed by atoms with Gasteiger partial charge in [-0.05, 0) is 0 Å². The van der Waals surface area contributed by atoms with Crippen LogP contribution in [0.25, 0.3) is 0 Å². The van der Waals surface area contributed by atoms with E-state index in [0.717, 1.165) is 5.56 Å². The first-order chi connectivity index (χ1) is 19.8. The molecular weight excluding hydrogens is 547 g/mol. The molecule has 218 valence electrons. The van der Waals surface area contributed by atoms with Gasteiger partial charge in [0.1, 0.15) is 0 Å². The van der Waals surface area contributed by atoms with Gasteiger partial charge in [-0.15, -0.1) is 0 Å². The normalized spacial score (nSPS) is 14.0. The number of hydrogen-bond acceptors (Lipinski definition) is 9. The third-order valence-corrected chi connectivity index (χ3v) is 12.6. The molecule has 0 saturated carbocycles. The summed E-state index contributed by atoms with van der Waals surface area (Å²) in [5.74, 6) is 1.74. The zero-order chi connectivity index (χ0) is 29.7. The van der Waals surface area contributed by atoms with Crippen LogP contribution in [-0.4, -0.2) is 64.3 Å². The Bertz CT molecular complexity index is 1340. The standard InChI is InChI=1S/C31H35O9P/c1-35-23-12-20(32)13-24(36-2)29(23)41(18-19-10-8-7-9-11-19,30-25(37-3)14-21(33)15-26(30)38-4)31-27(39-5)16-22(34)17-28(31)40-6/h7-17,29,33-34,41H,18H2,1-6H3.